The number of hydrogen-bond acceptors (Lipinski definition) is 2. The van der Waals surface area contributed by atoms with Crippen molar-refractivity contribution in [3.63, 3.8) is 0 Å². The maximum Gasteiger partial charge on any atom is 0.315 e. The minimum absolute atomic E-state index is 0.0800. The molecule has 0 aromatic heterocycles. The van der Waals surface area contributed by atoms with E-state index >= 15 is 0 Å². The molecule has 3 atom stereocenters. The van der Waals surface area contributed by atoms with E-state index in [1.54, 1.807) is 0 Å². The summed E-state index contributed by atoms with van der Waals surface area (Å²) in [7, 11) is 0. The van der Waals surface area contributed by atoms with Crippen molar-refractivity contribution in [1.29, 1.82) is 0 Å². The molecule has 4 nitrogen and oxygen atoms in total. The first-order valence-corrected chi connectivity index (χ1v) is 5.68. The van der Waals surface area contributed by atoms with Crippen LogP contribution >= 0.6 is 0 Å². The van der Waals surface area contributed by atoms with Gasteiger partial charge in [-0.25, -0.2) is 4.79 Å². The van der Waals surface area contributed by atoms with Gasteiger partial charge >= 0.3 is 6.03 Å². The van der Waals surface area contributed by atoms with Crippen molar-refractivity contribution in [3.8, 4) is 0 Å². The third kappa shape index (κ3) is 2.62. The predicted molar refractivity (Wildman–Crippen MR) is 57.7 cm³/mol. The van der Waals surface area contributed by atoms with Crippen molar-refractivity contribution in [2.24, 2.45) is 0 Å². The van der Waals surface area contributed by atoms with Crippen LogP contribution in [-0.4, -0.2) is 29.8 Å². The van der Waals surface area contributed by atoms with Gasteiger partial charge in [0.25, 0.3) is 0 Å². The highest BCUT2D eigenvalue weighted by Crippen LogP contribution is 2.34. The number of fused-ring (bicyclic) bond motifs is 2. The number of carbonyl (C=O) groups is 1. The van der Waals surface area contributed by atoms with Gasteiger partial charge < -0.3 is 15.4 Å². The zero-order valence-electron chi connectivity index (χ0n) is 9.67. The molecule has 2 bridgehead atoms. The number of rotatable bonds is 1. The van der Waals surface area contributed by atoms with E-state index in [1.165, 1.54) is 0 Å². The molecule has 2 saturated heterocycles. The van der Waals surface area contributed by atoms with Gasteiger partial charge in [-0.1, -0.05) is 0 Å². The lowest BCUT2D eigenvalue weighted by molar-refractivity contribution is 0.0979. The van der Waals surface area contributed by atoms with Gasteiger partial charge in [0, 0.05) is 5.54 Å². The van der Waals surface area contributed by atoms with Crippen molar-refractivity contribution < 1.29 is 9.53 Å². The van der Waals surface area contributed by atoms with E-state index < -0.39 is 0 Å². The lowest BCUT2D eigenvalue weighted by Gasteiger charge is -2.25. The average Bonchev–Trinajstić information content (AvgIpc) is 2.60. The number of urea groups is 1. The van der Waals surface area contributed by atoms with Gasteiger partial charge in [0.2, 0.25) is 0 Å². The molecule has 0 aromatic carbocycles. The minimum atomic E-state index is -0.178. The Kier molecular flexibility index (Phi) is 2.63. The van der Waals surface area contributed by atoms with E-state index in [0.717, 1.165) is 19.3 Å². The molecule has 0 saturated carbocycles. The largest absolute Gasteiger partial charge is 0.373 e. The molecule has 2 aliphatic heterocycles. The zero-order valence-corrected chi connectivity index (χ0v) is 9.67. The summed E-state index contributed by atoms with van der Waals surface area (Å²) in [5.74, 6) is 0. The van der Waals surface area contributed by atoms with Crippen LogP contribution in [0.25, 0.3) is 0 Å². The molecule has 4 heteroatoms. The highest BCUT2D eigenvalue weighted by Gasteiger charge is 2.41. The lowest BCUT2D eigenvalue weighted by atomic mass is 9.96. The summed E-state index contributed by atoms with van der Waals surface area (Å²) in [6.07, 6.45) is 3.85. The maximum absolute atomic E-state index is 11.6. The standard InChI is InChI=1S/C11H20N2O2/c1-11(2,3)13-10(14)12-8-6-7-4-5-9(8)15-7/h7-9H,4-6H2,1-3H3,(H2,12,13,14). The van der Waals surface area contributed by atoms with Crippen LogP contribution in [0, 0.1) is 0 Å². The van der Waals surface area contributed by atoms with Crippen molar-refractivity contribution in [2.45, 2.75) is 63.8 Å². The predicted octanol–water partition coefficient (Wildman–Crippen LogP) is 1.40. The van der Waals surface area contributed by atoms with E-state index in [4.69, 9.17) is 4.74 Å². The van der Waals surface area contributed by atoms with E-state index in [1.807, 2.05) is 20.8 Å². The number of ether oxygens (including phenoxy) is 1. The number of carbonyl (C=O) groups excluding carboxylic acids is 1. The van der Waals surface area contributed by atoms with Crippen LogP contribution < -0.4 is 10.6 Å². The second-order valence-corrected chi connectivity index (χ2v) is 5.56. The van der Waals surface area contributed by atoms with Gasteiger partial charge in [-0.05, 0) is 40.0 Å². The van der Waals surface area contributed by atoms with E-state index in [2.05, 4.69) is 10.6 Å². The van der Waals surface area contributed by atoms with Crippen LogP contribution in [0.1, 0.15) is 40.0 Å². The molecular weight excluding hydrogens is 192 g/mol. The summed E-state index contributed by atoms with van der Waals surface area (Å²) in [5, 5.41) is 5.89. The average molecular weight is 212 g/mol. The lowest BCUT2D eigenvalue weighted by Crippen LogP contribution is -2.51. The first kappa shape index (κ1) is 10.7. The zero-order chi connectivity index (χ0) is 11.1. The third-order valence-electron chi connectivity index (χ3n) is 2.91. The van der Waals surface area contributed by atoms with Gasteiger partial charge in [0.1, 0.15) is 0 Å². The van der Waals surface area contributed by atoms with Crippen LogP contribution in [0.5, 0.6) is 0 Å². The molecule has 0 aliphatic carbocycles. The fourth-order valence-electron chi connectivity index (χ4n) is 2.33. The van der Waals surface area contributed by atoms with Gasteiger partial charge in [0.05, 0.1) is 18.2 Å². The van der Waals surface area contributed by atoms with E-state index in [9.17, 15) is 4.79 Å². The molecular formula is C11H20N2O2. The molecule has 0 radical (unpaired) electrons. The summed E-state index contributed by atoms with van der Waals surface area (Å²) in [5.41, 5.74) is -0.178. The van der Waals surface area contributed by atoms with Gasteiger partial charge in [-0.2, -0.15) is 0 Å². The van der Waals surface area contributed by atoms with Crippen molar-refractivity contribution >= 4 is 6.03 Å². The molecule has 2 rings (SSSR count). The highest BCUT2D eigenvalue weighted by molar-refractivity contribution is 5.75. The highest BCUT2D eigenvalue weighted by atomic mass is 16.5. The SMILES string of the molecule is CC(C)(C)NC(=O)NC1CC2CCC1O2. The molecule has 86 valence electrons. The monoisotopic (exact) mass is 212 g/mol. The van der Waals surface area contributed by atoms with E-state index in [-0.39, 0.29) is 23.7 Å². The smallest absolute Gasteiger partial charge is 0.315 e. The maximum atomic E-state index is 11.6. The summed E-state index contributed by atoms with van der Waals surface area (Å²) < 4.78 is 5.67. The minimum Gasteiger partial charge on any atom is -0.373 e. The molecule has 0 aromatic rings. The summed E-state index contributed by atoms with van der Waals surface area (Å²) >= 11 is 0. The van der Waals surface area contributed by atoms with Crippen LogP contribution in [0.3, 0.4) is 0 Å². The van der Waals surface area contributed by atoms with Crippen LogP contribution in [0.4, 0.5) is 4.79 Å². The molecule has 0 spiro atoms. The van der Waals surface area contributed by atoms with Crippen LogP contribution in [0.15, 0.2) is 0 Å². The Morgan fingerprint density at radius 2 is 2.07 bits per heavy atom. The van der Waals surface area contributed by atoms with Crippen molar-refractivity contribution in [1.82, 2.24) is 10.6 Å². The van der Waals surface area contributed by atoms with Crippen LogP contribution in [0.2, 0.25) is 0 Å². The summed E-state index contributed by atoms with van der Waals surface area (Å²) in [4.78, 5) is 11.6. The van der Waals surface area contributed by atoms with Crippen molar-refractivity contribution in [3.05, 3.63) is 0 Å². The Hall–Kier alpha value is -0.770. The molecule has 2 aliphatic rings. The second kappa shape index (κ2) is 3.67. The molecule has 2 N–H and O–H groups in total. The Balaban J connectivity index is 1.80. The Labute approximate surface area is 90.8 Å². The number of nitrogens with one attached hydrogen (secondary N) is 2. The Morgan fingerprint density at radius 1 is 1.33 bits per heavy atom. The first-order valence-electron chi connectivity index (χ1n) is 5.68. The first-order chi connectivity index (χ1) is 6.94. The topological polar surface area (TPSA) is 50.4 Å². The fourth-order valence-corrected chi connectivity index (χ4v) is 2.33. The summed E-state index contributed by atoms with van der Waals surface area (Å²) in [6.45, 7) is 5.93. The number of amides is 2. The van der Waals surface area contributed by atoms with Crippen LogP contribution in [-0.2, 0) is 4.74 Å². The Morgan fingerprint density at radius 3 is 2.53 bits per heavy atom. The van der Waals surface area contributed by atoms with Gasteiger partial charge in [-0.3, -0.25) is 0 Å². The van der Waals surface area contributed by atoms with Gasteiger partial charge in [0.15, 0.2) is 0 Å². The van der Waals surface area contributed by atoms with E-state index in [0.29, 0.717) is 6.10 Å². The molecule has 2 fully saturated rings. The molecule has 15 heavy (non-hydrogen) atoms. The number of hydrogen-bond donors (Lipinski definition) is 2. The normalized spacial score (nSPS) is 34.2. The quantitative estimate of drug-likeness (QED) is 0.690. The second-order valence-electron chi connectivity index (χ2n) is 5.56. The fraction of sp³-hybridized carbons (Fsp3) is 0.909. The van der Waals surface area contributed by atoms with Gasteiger partial charge in [-0.15, -0.1) is 0 Å². The van der Waals surface area contributed by atoms with Crippen molar-refractivity contribution in [2.75, 3.05) is 0 Å². The molecule has 2 amide bonds. The molecule has 2 heterocycles. The third-order valence-corrected chi connectivity index (χ3v) is 2.91. The Bertz CT molecular complexity index is 260. The summed E-state index contributed by atoms with van der Waals surface area (Å²) in [6, 6.07) is 0.134. The molecule has 3 unspecified atom stereocenters.